The molecule has 0 unspecified atom stereocenters. The summed E-state index contributed by atoms with van der Waals surface area (Å²) in [6, 6.07) is 17.3. The first kappa shape index (κ1) is 18.3. The van der Waals surface area contributed by atoms with Crippen molar-refractivity contribution in [1.82, 2.24) is 5.32 Å². The fourth-order valence-corrected chi connectivity index (χ4v) is 2.70. The number of rotatable bonds is 4. The van der Waals surface area contributed by atoms with E-state index in [2.05, 4.69) is 10.6 Å². The molecule has 0 aliphatic rings. The van der Waals surface area contributed by atoms with Crippen LogP contribution >= 0.6 is 12.2 Å². The van der Waals surface area contributed by atoms with Gasteiger partial charge in [0.05, 0.1) is 0 Å². The van der Waals surface area contributed by atoms with Crippen LogP contribution in [0.25, 0.3) is 11.3 Å². The average molecular weight is 380 g/mol. The van der Waals surface area contributed by atoms with Crippen molar-refractivity contribution in [2.24, 2.45) is 0 Å². The summed E-state index contributed by atoms with van der Waals surface area (Å²) in [5, 5.41) is 14.7. The van der Waals surface area contributed by atoms with Gasteiger partial charge in [0.2, 0.25) is 5.76 Å². The fourth-order valence-electron chi connectivity index (χ4n) is 2.49. The van der Waals surface area contributed by atoms with Crippen LogP contribution < -0.4 is 10.6 Å². The first-order chi connectivity index (χ1) is 12.9. The van der Waals surface area contributed by atoms with E-state index in [4.69, 9.17) is 21.7 Å². The SMILES string of the molecule is Cc1ccccc1C(=O)NC(=S)Nc1ccc(-c2ccc(C(=O)O)o2)cc1. The molecule has 1 amide bonds. The summed E-state index contributed by atoms with van der Waals surface area (Å²) in [7, 11) is 0. The van der Waals surface area contributed by atoms with Crippen molar-refractivity contribution in [1.29, 1.82) is 0 Å². The molecule has 0 radical (unpaired) electrons. The smallest absolute Gasteiger partial charge is 0.371 e. The molecule has 0 atom stereocenters. The highest BCUT2D eigenvalue weighted by molar-refractivity contribution is 7.80. The molecule has 0 saturated carbocycles. The summed E-state index contributed by atoms with van der Waals surface area (Å²) in [4.78, 5) is 23.1. The molecule has 0 bridgehead atoms. The number of carboxylic acids is 1. The number of aryl methyl sites for hydroxylation is 1. The minimum absolute atomic E-state index is 0.118. The van der Waals surface area contributed by atoms with Crippen LogP contribution in [-0.2, 0) is 0 Å². The van der Waals surface area contributed by atoms with Crippen molar-refractivity contribution in [3.05, 3.63) is 77.6 Å². The van der Waals surface area contributed by atoms with E-state index in [0.717, 1.165) is 11.1 Å². The molecule has 0 spiro atoms. The Bertz CT molecular complexity index is 1010. The molecule has 3 rings (SSSR count). The van der Waals surface area contributed by atoms with Crippen molar-refractivity contribution >= 4 is 34.9 Å². The van der Waals surface area contributed by atoms with Gasteiger partial charge in [-0.2, -0.15) is 0 Å². The predicted molar refractivity (Wildman–Crippen MR) is 106 cm³/mol. The Morgan fingerprint density at radius 1 is 1.00 bits per heavy atom. The maximum absolute atomic E-state index is 12.3. The van der Waals surface area contributed by atoms with Gasteiger partial charge >= 0.3 is 5.97 Å². The van der Waals surface area contributed by atoms with Crippen LogP contribution in [0, 0.1) is 6.92 Å². The van der Waals surface area contributed by atoms with Crippen LogP contribution in [0.5, 0.6) is 0 Å². The molecule has 6 nitrogen and oxygen atoms in total. The Hall–Kier alpha value is -3.45. The summed E-state index contributed by atoms with van der Waals surface area (Å²) < 4.78 is 5.26. The molecule has 3 aromatic rings. The van der Waals surface area contributed by atoms with E-state index in [1.807, 2.05) is 19.1 Å². The van der Waals surface area contributed by atoms with Crippen LogP contribution in [0.1, 0.15) is 26.5 Å². The molecular weight excluding hydrogens is 364 g/mol. The summed E-state index contributed by atoms with van der Waals surface area (Å²) in [6.45, 7) is 1.86. The first-order valence-corrected chi connectivity index (χ1v) is 8.46. The number of amides is 1. The standard InChI is InChI=1S/C20H16N2O4S/c1-12-4-2-3-5-15(12)18(23)22-20(27)21-14-8-6-13(7-9-14)16-10-11-17(26-16)19(24)25/h2-11H,1H3,(H,24,25)(H2,21,22,23,27). The Morgan fingerprint density at radius 2 is 1.70 bits per heavy atom. The van der Waals surface area contributed by atoms with E-state index in [1.165, 1.54) is 6.07 Å². The van der Waals surface area contributed by atoms with E-state index in [0.29, 0.717) is 17.0 Å². The van der Waals surface area contributed by atoms with E-state index in [-0.39, 0.29) is 16.8 Å². The highest BCUT2D eigenvalue weighted by Crippen LogP contribution is 2.23. The molecule has 0 aliphatic carbocycles. The molecule has 0 aliphatic heterocycles. The molecular formula is C20H16N2O4S. The minimum Gasteiger partial charge on any atom is -0.475 e. The number of aromatic carboxylic acids is 1. The van der Waals surface area contributed by atoms with Gasteiger partial charge in [-0.1, -0.05) is 18.2 Å². The number of carboxylic acid groups (broad SMARTS) is 1. The van der Waals surface area contributed by atoms with Gasteiger partial charge in [-0.15, -0.1) is 0 Å². The highest BCUT2D eigenvalue weighted by atomic mass is 32.1. The topological polar surface area (TPSA) is 91.6 Å². The molecule has 1 aromatic heterocycles. The van der Waals surface area contributed by atoms with Crippen molar-refractivity contribution in [3.8, 4) is 11.3 Å². The van der Waals surface area contributed by atoms with Crippen molar-refractivity contribution in [3.63, 3.8) is 0 Å². The molecule has 1 heterocycles. The zero-order valence-electron chi connectivity index (χ0n) is 14.4. The number of thiocarbonyl (C=S) groups is 1. The third-order valence-electron chi connectivity index (χ3n) is 3.86. The van der Waals surface area contributed by atoms with E-state index in [1.54, 1.807) is 42.5 Å². The van der Waals surface area contributed by atoms with Gasteiger partial charge in [-0.05, 0) is 67.2 Å². The van der Waals surface area contributed by atoms with Crippen LogP contribution in [0.15, 0.2) is 65.1 Å². The van der Waals surface area contributed by atoms with Gasteiger partial charge in [-0.3, -0.25) is 10.1 Å². The maximum Gasteiger partial charge on any atom is 0.371 e. The van der Waals surface area contributed by atoms with E-state index < -0.39 is 5.97 Å². The van der Waals surface area contributed by atoms with Crippen molar-refractivity contribution in [2.75, 3.05) is 5.32 Å². The van der Waals surface area contributed by atoms with Gasteiger partial charge in [0.25, 0.3) is 5.91 Å². The van der Waals surface area contributed by atoms with Gasteiger partial charge < -0.3 is 14.8 Å². The summed E-state index contributed by atoms with van der Waals surface area (Å²) in [5.41, 5.74) is 2.83. The van der Waals surface area contributed by atoms with Crippen LogP contribution in [0.3, 0.4) is 0 Å². The van der Waals surface area contributed by atoms with Crippen molar-refractivity contribution < 1.29 is 19.1 Å². The summed E-state index contributed by atoms with van der Waals surface area (Å²) >= 11 is 5.19. The Labute approximate surface area is 160 Å². The maximum atomic E-state index is 12.3. The summed E-state index contributed by atoms with van der Waals surface area (Å²) in [6.07, 6.45) is 0. The lowest BCUT2D eigenvalue weighted by molar-refractivity contribution is 0.0663. The number of carbonyl (C=O) groups is 2. The third-order valence-corrected chi connectivity index (χ3v) is 4.06. The third kappa shape index (κ3) is 4.39. The minimum atomic E-state index is -1.12. The monoisotopic (exact) mass is 380 g/mol. The van der Waals surface area contributed by atoms with Gasteiger partial charge in [0, 0.05) is 16.8 Å². The second-order valence-electron chi connectivity index (χ2n) is 5.77. The largest absolute Gasteiger partial charge is 0.475 e. The lowest BCUT2D eigenvalue weighted by Crippen LogP contribution is -2.34. The number of hydrogen-bond donors (Lipinski definition) is 3. The lowest BCUT2D eigenvalue weighted by atomic mass is 10.1. The number of hydrogen-bond acceptors (Lipinski definition) is 4. The van der Waals surface area contributed by atoms with E-state index >= 15 is 0 Å². The van der Waals surface area contributed by atoms with Gasteiger partial charge in [0.1, 0.15) is 5.76 Å². The molecule has 3 N–H and O–H groups in total. The molecule has 7 heteroatoms. The van der Waals surface area contributed by atoms with E-state index in [9.17, 15) is 9.59 Å². The van der Waals surface area contributed by atoms with Crippen LogP contribution in [0.2, 0.25) is 0 Å². The number of anilines is 1. The summed E-state index contributed by atoms with van der Waals surface area (Å²) in [5.74, 6) is -1.06. The Balaban J connectivity index is 1.64. The second kappa shape index (κ2) is 7.84. The van der Waals surface area contributed by atoms with Gasteiger partial charge in [-0.25, -0.2) is 4.79 Å². The molecule has 27 heavy (non-hydrogen) atoms. The fraction of sp³-hybridized carbons (Fsp3) is 0.0500. The molecule has 2 aromatic carbocycles. The predicted octanol–water partition coefficient (Wildman–Crippen LogP) is 4.08. The number of benzene rings is 2. The quantitative estimate of drug-likeness (QED) is 0.591. The normalized spacial score (nSPS) is 10.3. The molecule has 0 saturated heterocycles. The van der Waals surface area contributed by atoms with Crippen LogP contribution in [-0.4, -0.2) is 22.1 Å². The Morgan fingerprint density at radius 3 is 2.33 bits per heavy atom. The highest BCUT2D eigenvalue weighted by Gasteiger charge is 2.12. The second-order valence-corrected chi connectivity index (χ2v) is 6.18. The van der Waals surface area contributed by atoms with Gasteiger partial charge in [0.15, 0.2) is 5.11 Å². The lowest BCUT2D eigenvalue weighted by Gasteiger charge is -2.11. The first-order valence-electron chi connectivity index (χ1n) is 8.05. The average Bonchev–Trinajstić information content (AvgIpc) is 3.13. The zero-order chi connectivity index (χ0) is 19.4. The van der Waals surface area contributed by atoms with Crippen molar-refractivity contribution in [2.45, 2.75) is 6.92 Å². The molecule has 0 fully saturated rings. The number of carbonyl (C=O) groups excluding carboxylic acids is 1. The van der Waals surface area contributed by atoms with Crippen LogP contribution in [0.4, 0.5) is 5.69 Å². The zero-order valence-corrected chi connectivity index (χ0v) is 15.2. The number of nitrogens with one attached hydrogen (secondary N) is 2. The number of furan rings is 1. The Kier molecular flexibility index (Phi) is 5.33. The molecule has 136 valence electrons.